The zero-order chi connectivity index (χ0) is 24.8. The molecule has 0 spiro atoms. The summed E-state index contributed by atoms with van der Waals surface area (Å²) in [6.45, 7) is 9.90. The number of aromatic amines is 1. The van der Waals surface area contributed by atoms with Gasteiger partial charge >= 0.3 is 6.09 Å². The zero-order valence-corrected chi connectivity index (χ0v) is 20.3. The highest BCUT2D eigenvalue weighted by Crippen LogP contribution is 2.45. The van der Waals surface area contributed by atoms with Crippen LogP contribution in [0.3, 0.4) is 0 Å². The van der Waals surface area contributed by atoms with Crippen LogP contribution in [0.1, 0.15) is 40.2 Å². The van der Waals surface area contributed by atoms with Gasteiger partial charge in [-0.25, -0.2) is 14.2 Å². The summed E-state index contributed by atoms with van der Waals surface area (Å²) in [6.07, 6.45) is 4.03. The van der Waals surface area contributed by atoms with Crippen molar-refractivity contribution in [1.82, 2.24) is 19.9 Å². The number of H-pyrrole nitrogens is 1. The summed E-state index contributed by atoms with van der Waals surface area (Å²) in [4.78, 5) is 25.8. The van der Waals surface area contributed by atoms with Gasteiger partial charge in [-0.05, 0) is 26.8 Å². The molecular formula is C25H31FN4O4. The number of hydrogen-bond donors (Lipinski definition) is 2. The number of pyridine rings is 2. The number of nitrogens with zero attached hydrogens (tertiary/aromatic N) is 3. The highest BCUT2D eigenvalue weighted by Gasteiger charge is 2.49. The van der Waals surface area contributed by atoms with Gasteiger partial charge in [-0.3, -0.25) is 4.98 Å². The summed E-state index contributed by atoms with van der Waals surface area (Å²) < 4.78 is 25.6. The Kier molecular flexibility index (Phi) is 6.01. The Morgan fingerprint density at radius 3 is 2.56 bits per heavy atom. The van der Waals surface area contributed by atoms with Gasteiger partial charge in [0.25, 0.3) is 0 Å². The van der Waals surface area contributed by atoms with E-state index in [0.29, 0.717) is 46.7 Å². The number of ether oxygens (including phenoxy) is 2. The summed E-state index contributed by atoms with van der Waals surface area (Å²) in [7, 11) is 1.52. The van der Waals surface area contributed by atoms with Crippen molar-refractivity contribution in [1.29, 1.82) is 0 Å². The first-order valence-electron chi connectivity index (χ1n) is 11.3. The number of fused-ring (bicyclic) bond motifs is 1. The lowest BCUT2D eigenvalue weighted by atomic mass is 9.71. The van der Waals surface area contributed by atoms with E-state index >= 15 is 0 Å². The normalized spacial score (nSPS) is 23.2. The number of halogens is 1. The van der Waals surface area contributed by atoms with E-state index in [1.807, 2.05) is 34.6 Å². The predicted octanol–water partition coefficient (Wildman–Crippen LogP) is 4.48. The number of likely N-dealkylation sites (tertiary alicyclic amines) is 1. The quantitative estimate of drug-likeness (QED) is 0.585. The van der Waals surface area contributed by atoms with Crippen LogP contribution in [0.15, 0.2) is 30.7 Å². The minimum absolute atomic E-state index is 0.319. The molecule has 0 bridgehead atoms. The van der Waals surface area contributed by atoms with Crippen molar-refractivity contribution in [2.75, 3.05) is 20.2 Å². The fourth-order valence-corrected chi connectivity index (χ4v) is 4.79. The van der Waals surface area contributed by atoms with Gasteiger partial charge in [-0.15, -0.1) is 0 Å². The predicted molar refractivity (Wildman–Crippen MR) is 126 cm³/mol. The van der Waals surface area contributed by atoms with Gasteiger partial charge in [0, 0.05) is 60.7 Å². The SMILES string of the molecule is COc1cc(-c2ccnc3[nH]cc(F)c23)ncc1C1(O)[C@H](C)CN(C(=O)OC(C)(C)C)C[C@@H]1C. The molecule has 4 rings (SSSR count). The fraction of sp³-hybridized carbons (Fsp3) is 0.480. The number of methoxy groups -OCH3 is 1. The molecule has 3 atom stereocenters. The van der Waals surface area contributed by atoms with Crippen LogP contribution in [0.5, 0.6) is 5.75 Å². The maximum Gasteiger partial charge on any atom is 0.410 e. The van der Waals surface area contributed by atoms with Gasteiger partial charge in [-0.2, -0.15) is 0 Å². The van der Waals surface area contributed by atoms with Gasteiger partial charge in [0.2, 0.25) is 0 Å². The summed E-state index contributed by atoms with van der Waals surface area (Å²) in [5.41, 5.74) is 0.139. The van der Waals surface area contributed by atoms with Crippen LogP contribution in [0.2, 0.25) is 0 Å². The van der Waals surface area contributed by atoms with E-state index in [2.05, 4.69) is 15.0 Å². The number of aliphatic hydroxyl groups is 1. The van der Waals surface area contributed by atoms with E-state index < -0.39 is 23.1 Å². The van der Waals surface area contributed by atoms with Crippen molar-refractivity contribution in [3.63, 3.8) is 0 Å². The Hall–Kier alpha value is -3.20. The van der Waals surface area contributed by atoms with Crippen molar-refractivity contribution in [3.05, 3.63) is 42.1 Å². The van der Waals surface area contributed by atoms with Gasteiger partial charge in [0.15, 0.2) is 5.82 Å². The third-order valence-electron chi connectivity index (χ3n) is 6.46. The van der Waals surface area contributed by atoms with E-state index in [1.54, 1.807) is 29.4 Å². The number of amides is 1. The number of carbonyl (C=O) groups excluding carboxylic acids is 1. The summed E-state index contributed by atoms with van der Waals surface area (Å²) in [6, 6.07) is 3.40. The molecule has 3 aromatic rings. The summed E-state index contributed by atoms with van der Waals surface area (Å²) in [5, 5.41) is 12.2. The maximum atomic E-state index is 14.4. The molecule has 1 fully saturated rings. The number of aromatic nitrogens is 3. The molecule has 4 heterocycles. The van der Waals surface area contributed by atoms with Crippen molar-refractivity contribution in [3.8, 4) is 17.0 Å². The molecule has 1 amide bonds. The minimum Gasteiger partial charge on any atom is -0.496 e. The smallest absolute Gasteiger partial charge is 0.410 e. The lowest BCUT2D eigenvalue weighted by molar-refractivity contribution is -0.112. The van der Waals surface area contributed by atoms with E-state index in [0.717, 1.165) is 0 Å². The van der Waals surface area contributed by atoms with Crippen molar-refractivity contribution < 1.29 is 23.8 Å². The standard InChI is InChI=1S/C25H31FN4O4/c1-14-12-30(23(31)34-24(3,4)5)13-15(2)25(14,32)17-10-28-19(9-20(17)33-6)16-7-8-27-22-21(16)18(26)11-29-22/h7-11,14-15,32H,12-13H2,1-6H3,(H,27,29)/t14-,15+,25?. The Bertz CT molecular complexity index is 1210. The Morgan fingerprint density at radius 1 is 1.26 bits per heavy atom. The molecule has 1 aliphatic heterocycles. The molecular weight excluding hydrogens is 439 g/mol. The monoisotopic (exact) mass is 470 g/mol. The van der Waals surface area contributed by atoms with Crippen molar-refractivity contribution in [2.24, 2.45) is 11.8 Å². The molecule has 0 radical (unpaired) electrons. The molecule has 0 saturated carbocycles. The average Bonchev–Trinajstić information content (AvgIpc) is 3.16. The first-order valence-corrected chi connectivity index (χ1v) is 11.3. The molecule has 34 heavy (non-hydrogen) atoms. The lowest BCUT2D eigenvalue weighted by Gasteiger charge is -2.48. The summed E-state index contributed by atoms with van der Waals surface area (Å²) >= 11 is 0. The van der Waals surface area contributed by atoms with Crippen LogP contribution in [-0.2, 0) is 10.3 Å². The largest absolute Gasteiger partial charge is 0.496 e. The lowest BCUT2D eigenvalue weighted by Crippen LogP contribution is -2.56. The molecule has 0 aliphatic carbocycles. The summed E-state index contributed by atoms with van der Waals surface area (Å²) in [5.74, 6) is -0.615. The number of nitrogens with one attached hydrogen (secondary N) is 1. The van der Waals surface area contributed by atoms with Crippen LogP contribution in [-0.4, -0.2) is 56.9 Å². The van der Waals surface area contributed by atoms with Crippen molar-refractivity contribution >= 4 is 17.1 Å². The minimum atomic E-state index is -1.29. The van der Waals surface area contributed by atoms with Crippen LogP contribution >= 0.6 is 0 Å². The first-order chi connectivity index (χ1) is 16.0. The molecule has 8 nitrogen and oxygen atoms in total. The maximum absolute atomic E-state index is 14.4. The molecule has 1 saturated heterocycles. The van der Waals surface area contributed by atoms with E-state index in [9.17, 15) is 14.3 Å². The number of carbonyl (C=O) groups is 1. The Balaban J connectivity index is 1.69. The molecule has 1 unspecified atom stereocenters. The van der Waals surface area contributed by atoms with Crippen LogP contribution in [0.4, 0.5) is 9.18 Å². The Morgan fingerprint density at radius 2 is 1.94 bits per heavy atom. The van der Waals surface area contributed by atoms with Crippen LogP contribution in [0.25, 0.3) is 22.3 Å². The van der Waals surface area contributed by atoms with Gasteiger partial charge in [0.1, 0.15) is 22.6 Å². The first kappa shape index (κ1) is 23.9. The molecule has 1 aliphatic rings. The highest BCUT2D eigenvalue weighted by molar-refractivity contribution is 5.92. The average molecular weight is 471 g/mol. The van der Waals surface area contributed by atoms with Crippen LogP contribution < -0.4 is 4.74 Å². The van der Waals surface area contributed by atoms with E-state index in [1.165, 1.54) is 13.3 Å². The molecule has 2 N–H and O–H groups in total. The van der Waals surface area contributed by atoms with Gasteiger partial charge in [-0.1, -0.05) is 13.8 Å². The third-order valence-corrected chi connectivity index (χ3v) is 6.46. The van der Waals surface area contributed by atoms with Gasteiger partial charge < -0.3 is 24.5 Å². The fourth-order valence-electron chi connectivity index (χ4n) is 4.79. The number of rotatable bonds is 3. The highest BCUT2D eigenvalue weighted by atomic mass is 19.1. The number of piperidine rings is 1. The third kappa shape index (κ3) is 4.09. The van der Waals surface area contributed by atoms with Gasteiger partial charge in [0.05, 0.1) is 18.2 Å². The molecule has 3 aromatic heterocycles. The second-order valence-corrected chi connectivity index (χ2v) is 10.0. The topological polar surface area (TPSA) is 101 Å². The molecule has 9 heteroatoms. The van der Waals surface area contributed by atoms with E-state index in [-0.39, 0.29) is 11.8 Å². The van der Waals surface area contributed by atoms with Crippen molar-refractivity contribution in [2.45, 2.75) is 45.8 Å². The molecule has 0 aromatic carbocycles. The second-order valence-electron chi connectivity index (χ2n) is 10.0. The zero-order valence-electron chi connectivity index (χ0n) is 20.3. The number of hydrogen-bond acceptors (Lipinski definition) is 6. The van der Waals surface area contributed by atoms with Crippen LogP contribution in [0, 0.1) is 17.7 Å². The molecule has 182 valence electrons. The van der Waals surface area contributed by atoms with E-state index in [4.69, 9.17) is 9.47 Å². The second kappa shape index (κ2) is 8.54. The Labute approximate surface area is 198 Å².